The van der Waals surface area contributed by atoms with Crippen molar-refractivity contribution in [2.45, 2.75) is 31.5 Å². The Balaban J connectivity index is 1.83. The molecular formula is C14H18F3NO2. The van der Waals surface area contributed by atoms with Crippen molar-refractivity contribution < 1.29 is 22.6 Å². The number of hydrogen-bond acceptors (Lipinski definition) is 3. The number of hydrogen-bond donors (Lipinski definition) is 1. The van der Waals surface area contributed by atoms with E-state index in [2.05, 4.69) is 5.32 Å². The summed E-state index contributed by atoms with van der Waals surface area (Å²) in [7, 11) is 0. The normalized spacial score (nSPS) is 19.1. The van der Waals surface area contributed by atoms with Crippen LogP contribution in [0.4, 0.5) is 18.9 Å². The number of halogens is 3. The van der Waals surface area contributed by atoms with Crippen molar-refractivity contribution in [1.82, 2.24) is 0 Å². The van der Waals surface area contributed by atoms with Crippen LogP contribution in [-0.2, 0) is 4.74 Å². The highest BCUT2D eigenvalue weighted by Crippen LogP contribution is 2.26. The molecule has 0 spiro atoms. The van der Waals surface area contributed by atoms with Crippen molar-refractivity contribution in [3.05, 3.63) is 24.3 Å². The van der Waals surface area contributed by atoms with Crippen LogP contribution >= 0.6 is 0 Å². The summed E-state index contributed by atoms with van der Waals surface area (Å²) in [6, 6.07) is 6.65. The maximum atomic E-state index is 12.2. The minimum Gasteiger partial charge on any atom is -0.482 e. The average Bonchev–Trinajstić information content (AvgIpc) is 2.90. The van der Waals surface area contributed by atoms with Crippen molar-refractivity contribution >= 4 is 5.69 Å². The van der Waals surface area contributed by atoms with Crippen LogP contribution in [0.25, 0.3) is 0 Å². The molecule has 0 radical (unpaired) electrons. The molecule has 1 unspecified atom stereocenters. The van der Waals surface area contributed by atoms with E-state index in [1.54, 1.807) is 18.2 Å². The second-order valence-electron chi connectivity index (χ2n) is 4.75. The van der Waals surface area contributed by atoms with E-state index in [1.807, 2.05) is 0 Å². The SMILES string of the molecule is FC(F)(F)COc1ccccc1NCCC1CCCO1. The van der Waals surface area contributed by atoms with Crippen LogP contribution in [0.15, 0.2) is 24.3 Å². The lowest BCUT2D eigenvalue weighted by Crippen LogP contribution is -2.20. The fraction of sp³-hybridized carbons (Fsp3) is 0.571. The van der Waals surface area contributed by atoms with Gasteiger partial charge in [-0.05, 0) is 31.4 Å². The van der Waals surface area contributed by atoms with E-state index < -0.39 is 12.8 Å². The lowest BCUT2D eigenvalue weighted by atomic mass is 10.2. The van der Waals surface area contributed by atoms with Crippen LogP contribution in [0.2, 0.25) is 0 Å². The zero-order valence-corrected chi connectivity index (χ0v) is 11.1. The van der Waals surface area contributed by atoms with Gasteiger partial charge in [-0.1, -0.05) is 12.1 Å². The molecule has 1 aliphatic heterocycles. The van der Waals surface area contributed by atoms with E-state index in [1.165, 1.54) is 6.07 Å². The molecule has 1 aliphatic rings. The third-order valence-corrected chi connectivity index (χ3v) is 3.08. The number of ether oxygens (including phenoxy) is 2. The van der Waals surface area contributed by atoms with Gasteiger partial charge in [0.2, 0.25) is 0 Å². The van der Waals surface area contributed by atoms with Crippen molar-refractivity contribution in [3.63, 3.8) is 0 Å². The Hall–Kier alpha value is -1.43. The van der Waals surface area contributed by atoms with Crippen LogP contribution < -0.4 is 10.1 Å². The van der Waals surface area contributed by atoms with E-state index >= 15 is 0 Å². The van der Waals surface area contributed by atoms with Crippen LogP contribution in [-0.4, -0.2) is 32.0 Å². The average molecular weight is 289 g/mol. The largest absolute Gasteiger partial charge is 0.482 e. The number of benzene rings is 1. The zero-order valence-electron chi connectivity index (χ0n) is 11.1. The molecule has 1 N–H and O–H groups in total. The molecule has 0 aromatic heterocycles. The van der Waals surface area contributed by atoms with Crippen LogP contribution in [0, 0.1) is 0 Å². The van der Waals surface area contributed by atoms with E-state index in [0.717, 1.165) is 25.9 Å². The molecule has 20 heavy (non-hydrogen) atoms. The first kappa shape index (κ1) is 15.0. The first-order chi connectivity index (χ1) is 9.54. The fourth-order valence-corrected chi connectivity index (χ4v) is 2.14. The third-order valence-electron chi connectivity index (χ3n) is 3.08. The highest BCUT2D eigenvalue weighted by molar-refractivity contribution is 5.56. The molecule has 6 heteroatoms. The van der Waals surface area contributed by atoms with Crippen LogP contribution in [0.1, 0.15) is 19.3 Å². The quantitative estimate of drug-likeness (QED) is 0.868. The minimum atomic E-state index is -4.33. The Morgan fingerprint density at radius 1 is 1.30 bits per heavy atom. The summed E-state index contributed by atoms with van der Waals surface area (Å²) in [4.78, 5) is 0. The molecule has 2 rings (SSSR count). The minimum absolute atomic E-state index is 0.220. The maximum absolute atomic E-state index is 12.2. The molecule has 1 saturated heterocycles. The predicted octanol–water partition coefficient (Wildman–Crippen LogP) is 3.61. The highest BCUT2D eigenvalue weighted by atomic mass is 19.4. The molecule has 1 aromatic carbocycles. The Bertz CT molecular complexity index is 417. The highest BCUT2D eigenvalue weighted by Gasteiger charge is 2.28. The van der Waals surface area contributed by atoms with Gasteiger partial charge in [0.25, 0.3) is 0 Å². The Morgan fingerprint density at radius 3 is 2.80 bits per heavy atom. The molecule has 0 aliphatic carbocycles. The summed E-state index contributed by atoms with van der Waals surface area (Å²) in [6.45, 7) is 0.171. The molecule has 0 saturated carbocycles. The van der Waals surface area contributed by atoms with Gasteiger partial charge in [-0.2, -0.15) is 13.2 Å². The second-order valence-corrected chi connectivity index (χ2v) is 4.75. The second kappa shape index (κ2) is 6.83. The van der Waals surface area contributed by atoms with Gasteiger partial charge >= 0.3 is 6.18 Å². The van der Waals surface area contributed by atoms with Gasteiger partial charge in [0, 0.05) is 13.2 Å². The summed E-state index contributed by atoms with van der Waals surface area (Å²) >= 11 is 0. The van der Waals surface area contributed by atoms with E-state index in [9.17, 15) is 13.2 Å². The maximum Gasteiger partial charge on any atom is 0.422 e. The molecule has 0 bridgehead atoms. The molecule has 1 fully saturated rings. The van der Waals surface area contributed by atoms with Crippen LogP contribution in [0.3, 0.4) is 0 Å². The standard InChI is InChI=1S/C14H18F3NO2/c15-14(16,17)10-20-13-6-2-1-5-12(13)18-8-7-11-4-3-9-19-11/h1-2,5-6,11,18H,3-4,7-10H2. The lowest BCUT2D eigenvalue weighted by Gasteiger charge is -2.15. The fourth-order valence-electron chi connectivity index (χ4n) is 2.14. The molecule has 1 aromatic rings. The van der Waals surface area contributed by atoms with E-state index in [0.29, 0.717) is 12.2 Å². The van der Waals surface area contributed by atoms with Gasteiger partial charge in [0.1, 0.15) is 5.75 Å². The lowest BCUT2D eigenvalue weighted by molar-refractivity contribution is -0.153. The Morgan fingerprint density at radius 2 is 2.10 bits per heavy atom. The number of rotatable bonds is 6. The predicted molar refractivity (Wildman–Crippen MR) is 70.1 cm³/mol. The number of para-hydroxylation sites is 2. The number of anilines is 1. The molecule has 1 atom stereocenters. The van der Waals surface area contributed by atoms with Gasteiger partial charge < -0.3 is 14.8 Å². The Labute approximate surface area is 116 Å². The summed E-state index contributed by atoms with van der Waals surface area (Å²) < 4.78 is 46.8. The van der Waals surface area contributed by atoms with Crippen molar-refractivity contribution in [1.29, 1.82) is 0 Å². The molecule has 112 valence electrons. The van der Waals surface area contributed by atoms with Gasteiger partial charge in [0.15, 0.2) is 6.61 Å². The van der Waals surface area contributed by atoms with Gasteiger partial charge in [0.05, 0.1) is 11.8 Å². The summed E-state index contributed by atoms with van der Waals surface area (Å²) in [6.07, 6.45) is -1.10. The van der Waals surface area contributed by atoms with Gasteiger partial charge in [-0.25, -0.2) is 0 Å². The number of alkyl halides is 3. The summed E-state index contributed by atoms with van der Waals surface area (Å²) in [5, 5.41) is 3.10. The zero-order chi connectivity index (χ0) is 14.4. The van der Waals surface area contributed by atoms with Gasteiger partial charge in [-0.15, -0.1) is 0 Å². The molecular weight excluding hydrogens is 271 g/mol. The first-order valence-electron chi connectivity index (χ1n) is 6.69. The smallest absolute Gasteiger partial charge is 0.422 e. The van der Waals surface area contributed by atoms with E-state index in [4.69, 9.17) is 9.47 Å². The molecule has 1 heterocycles. The number of nitrogens with one attached hydrogen (secondary N) is 1. The van der Waals surface area contributed by atoms with Crippen molar-refractivity contribution in [2.75, 3.05) is 25.1 Å². The summed E-state index contributed by atoms with van der Waals surface area (Å²) in [5.41, 5.74) is 0.578. The first-order valence-corrected chi connectivity index (χ1v) is 6.69. The summed E-state index contributed by atoms with van der Waals surface area (Å²) in [5.74, 6) is 0.220. The molecule has 3 nitrogen and oxygen atoms in total. The van der Waals surface area contributed by atoms with Gasteiger partial charge in [-0.3, -0.25) is 0 Å². The molecule has 0 amide bonds. The van der Waals surface area contributed by atoms with Crippen molar-refractivity contribution in [3.8, 4) is 5.75 Å². The third kappa shape index (κ3) is 4.92. The van der Waals surface area contributed by atoms with E-state index in [-0.39, 0.29) is 11.9 Å². The Kier molecular flexibility index (Phi) is 5.11. The van der Waals surface area contributed by atoms with Crippen molar-refractivity contribution in [2.24, 2.45) is 0 Å². The monoisotopic (exact) mass is 289 g/mol. The van der Waals surface area contributed by atoms with Crippen LogP contribution in [0.5, 0.6) is 5.75 Å². The topological polar surface area (TPSA) is 30.5 Å².